The molecule has 112 valence electrons. The highest BCUT2D eigenvalue weighted by atomic mass is 35.5. The molecule has 0 spiro atoms. The first-order valence-corrected chi connectivity index (χ1v) is 8.09. The van der Waals surface area contributed by atoms with Gasteiger partial charge in [-0.05, 0) is 37.1 Å². The lowest BCUT2D eigenvalue weighted by Crippen LogP contribution is -2.37. The number of carbonyl (C=O) groups excluding carboxylic acids is 1. The van der Waals surface area contributed by atoms with E-state index in [9.17, 15) is 4.79 Å². The number of halogens is 2. The summed E-state index contributed by atoms with van der Waals surface area (Å²) in [7, 11) is 0. The Hall–Kier alpha value is -0.420. The fraction of sp³-hybridized carbons (Fsp3) is 0.500. The van der Waals surface area contributed by atoms with Gasteiger partial charge in [0.05, 0.1) is 5.75 Å². The second-order valence-corrected chi connectivity index (χ2v) is 6.14. The minimum Gasteiger partial charge on any atom is -0.354 e. The Kier molecular flexibility index (Phi) is 8.38. The molecular formula is C14H20Cl2N2OS. The standard InChI is InChI=1S/C14H19ClN2OS.ClH/c15-12-4-1-3-11(7-12)9-19-10-14(18)17-8-13-5-2-6-16-13;/h1,3-4,7,13,16H,2,5-6,8-10H2,(H,17,18);1H. The molecule has 1 atom stereocenters. The lowest BCUT2D eigenvalue weighted by molar-refractivity contribution is -0.118. The maximum absolute atomic E-state index is 11.7. The van der Waals surface area contributed by atoms with Crippen LogP contribution in [-0.4, -0.2) is 30.8 Å². The van der Waals surface area contributed by atoms with Crippen LogP contribution >= 0.6 is 35.8 Å². The lowest BCUT2D eigenvalue weighted by Gasteiger charge is -2.11. The SMILES string of the molecule is Cl.O=C(CSCc1cccc(Cl)c1)NCC1CCCN1. The van der Waals surface area contributed by atoms with Crippen LogP contribution in [0.3, 0.4) is 0 Å². The zero-order valence-electron chi connectivity index (χ0n) is 11.2. The Morgan fingerprint density at radius 2 is 2.35 bits per heavy atom. The largest absolute Gasteiger partial charge is 0.354 e. The highest BCUT2D eigenvalue weighted by molar-refractivity contribution is 7.99. The van der Waals surface area contributed by atoms with Gasteiger partial charge >= 0.3 is 0 Å². The quantitative estimate of drug-likeness (QED) is 0.840. The predicted molar refractivity (Wildman–Crippen MR) is 88.9 cm³/mol. The molecule has 1 saturated heterocycles. The number of carbonyl (C=O) groups is 1. The van der Waals surface area contributed by atoms with Crippen molar-refractivity contribution in [3.63, 3.8) is 0 Å². The molecule has 2 N–H and O–H groups in total. The van der Waals surface area contributed by atoms with Crippen molar-refractivity contribution in [3.05, 3.63) is 34.9 Å². The molecule has 1 fully saturated rings. The molecule has 1 aromatic carbocycles. The number of hydrogen-bond donors (Lipinski definition) is 2. The average molecular weight is 335 g/mol. The number of amides is 1. The molecule has 1 unspecified atom stereocenters. The van der Waals surface area contributed by atoms with Gasteiger partial charge in [-0.2, -0.15) is 0 Å². The number of thioether (sulfide) groups is 1. The molecule has 20 heavy (non-hydrogen) atoms. The maximum Gasteiger partial charge on any atom is 0.230 e. The molecule has 0 aliphatic carbocycles. The summed E-state index contributed by atoms with van der Waals surface area (Å²) in [5.41, 5.74) is 1.16. The fourth-order valence-electron chi connectivity index (χ4n) is 2.11. The van der Waals surface area contributed by atoms with Gasteiger partial charge in [-0.3, -0.25) is 4.79 Å². The minimum atomic E-state index is 0. The van der Waals surface area contributed by atoms with Crippen LogP contribution in [0.4, 0.5) is 0 Å². The second kappa shape index (κ2) is 9.50. The van der Waals surface area contributed by atoms with Crippen LogP contribution in [0.2, 0.25) is 5.02 Å². The Morgan fingerprint density at radius 3 is 3.05 bits per heavy atom. The molecule has 0 aromatic heterocycles. The highest BCUT2D eigenvalue weighted by Gasteiger charge is 2.14. The third-order valence-corrected chi connectivity index (χ3v) is 4.34. The smallest absolute Gasteiger partial charge is 0.230 e. The fourth-order valence-corrected chi connectivity index (χ4v) is 3.13. The van der Waals surface area contributed by atoms with E-state index in [1.54, 1.807) is 11.8 Å². The van der Waals surface area contributed by atoms with E-state index in [0.29, 0.717) is 11.8 Å². The Balaban J connectivity index is 0.00000200. The summed E-state index contributed by atoms with van der Waals surface area (Å²) in [6.07, 6.45) is 2.37. The van der Waals surface area contributed by atoms with Gasteiger partial charge in [0.15, 0.2) is 0 Å². The van der Waals surface area contributed by atoms with E-state index >= 15 is 0 Å². The molecule has 0 saturated carbocycles. The molecule has 1 aromatic rings. The average Bonchev–Trinajstić information content (AvgIpc) is 2.89. The summed E-state index contributed by atoms with van der Waals surface area (Å²) >= 11 is 7.53. The topological polar surface area (TPSA) is 41.1 Å². The van der Waals surface area contributed by atoms with Crippen LogP contribution in [-0.2, 0) is 10.5 Å². The summed E-state index contributed by atoms with van der Waals surface area (Å²) in [5, 5.41) is 7.08. The third-order valence-electron chi connectivity index (χ3n) is 3.10. The Bertz CT molecular complexity index is 425. The zero-order valence-corrected chi connectivity index (χ0v) is 13.6. The van der Waals surface area contributed by atoms with Crippen molar-refractivity contribution in [2.75, 3.05) is 18.8 Å². The van der Waals surface area contributed by atoms with Crippen LogP contribution in [0.1, 0.15) is 18.4 Å². The van der Waals surface area contributed by atoms with E-state index in [4.69, 9.17) is 11.6 Å². The van der Waals surface area contributed by atoms with Crippen molar-refractivity contribution >= 4 is 41.7 Å². The van der Waals surface area contributed by atoms with Crippen molar-refractivity contribution in [2.24, 2.45) is 0 Å². The van der Waals surface area contributed by atoms with Gasteiger partial charge in [-0.15, -0.1) is 24.2 Å². The maximum atomic E-state index is 11.7. The first kappa shape index (κ1) is 17.6. The van der Waals surface area contributed by atoms with Gasteiger partial charge in [0.1, 0.15) is 0 Å². The second-order valence-electron chi connectivity index (χ2n) is 4.72. The molecule has 0 bridgehead atoms. The molecule has 0 radical (unpaired) electrons. The third kappa shape index (κ3) is 6.35. The molecule has 1 aliphatic rings. The van der Waals surface area contributed by atoms with E-state index in [0.717, 1.165) is 35.8 Å². The van der Waals surface area contributed by atoms with Crippen LogP contribution in [0.15, 0.2) is 24.3 Å². The van der Waals surface area contributed by atoms with Crippen LogP contribution in [0.25, 0.3) is 0 Å². The molecule has 1 heterocycles. The summed E-state index contributed by atoms with van der Waals surface area (Å²) in [6, 6.07) is 8.22. The predicted octanol–water partition coefficient (Wildman–Crippen LogP) is 2.86. The van der Waals surface area contributed by atoms with E-state index in [1.807, 2.05) is 24.3 Å². The van der Waals surface area contributed by atoms with Gasteiger partial charge in [0, 0.05) is 23.4 Å². The van der Waals surface area contributed by atoms with E-state index in [2.05, 4.69) is 10.6 Å². The molecule has 2 rings (SSSR count). The first-order chi connectivity index (χ1) is 9.24. The molecule has 3 nitrogen and oxygen atoms in total. The van der Waals surface area contributed by atoms with Gasteiger partial charge in [-0.1, -0.05) is 23.7 Å². The lowest BCUT2D eigenvalue weighted by atomic mass is 10.2. The highest BCUT2D eigenvalue weighted by Crippen LogP contribution is 2.16. The van der Waals surface area contributed by atoms with E-state index < -0.39 is 0 Å². The monoisotopic (exact) mass is 334 g/mol. The van der Waals surface area contributed by atoms with Crippen molar-refractivity contribution in [1.29, 1.82) is 0 Å². The van der Waals surface area contributed by atoms with Crippen molar-refractivity contribution in [3.8, 4) is 0 Å². The summed E-state index contributed by atoms with van der Waals surface area (Å²) in [5.74, 6) is 1.43. The first-order valence-electron chi connectivity index (χ1n) is 6.56. The molecule has 1 amide bonds. The van der Waals surface area contributed by atoms with Crippen molar-refractivity contribution in [2.45, 2.75) is 24.6 Å². The Morgan fingerprint density at radius 1 is 1.50 bits per heavy atom. The van der Waals surface area contributed by atoms with Gasteiger partial charge in [0.25, 0.3) is 0 Å². The minimum absolute atomic E-state index is 0. The van der Waals surface area contributed by atoms with Gasteiger partial charge in [0.2, 0.25) is 5.91 Å². The van der Waals surface area contributed by atoms with Gasteiger partial charge < -0.3 is 10.6 Å². The van der Waals surface area contributed by atoms with Crippen molar-refractivity contribution < 1.29 is 4.79 Å². The zero-order chi connectivity index (χ0) is 13.5. The molecule has 6 heteroatoms. The summed E-state index contributed by atoms with van der Waals surface area (Å²) in [4.78, 5) is 11.7. The number of nitrogens with one attached hydrogen (secondary N) is 2. The van der Waals surface area contributed by atoms with E-state index in [1.165, 1.54) is 6.42 Å². The van der Waals surface area contributed by atoms with Crippen molar-refractivity contribution in [1.82, 2.24) is 10.6 Å². The van der Waals surface area contributed by atoms with Gasteiger partial charge in [-0.25, -0.2) is 0 Å². The number of rotatable bonds is 6. The van der Waals surface area contributed by atoms with Crippen LogP contribution in [0, 0.1) is 0 Å². The summed E-state index contributed by atoms with van der Waals surface area (Å²) in [6.45, 7) is 1.82. The Labute approximate surface area is 135 Å². The molecule has 1 aliphatic heterocycles. The number of hydrogen-bond acceptors (Lipinski definition) is 3. The summed E-state index contributed by atoms with van der Waals surface area (Å²) < 4.78 is 0. The van der Waals surface area contributed by atoms with E-state index in [-0.39, 0.29) is 18.3 Å². The van der Waals surface area contributed by atoms with Crippen LogP contribution < -0.4 is 10.6 Å². The normalized spacial score (nSPS) is 17.6. The molecular weight excluding hydrogens is 315 g/mol. The number of benzene rings is 1. The van der Waals surface area contributed by atoms with Crippen LogP contribution in [0.5, 0.6) is 0 Å².